The van der Waals surface area contributed by atoms with E-state index in [0.717, 1.165) is 57.0 Å². The molecule has 1 N–H and O–H groups in total. The number of aryl methyl sites for hydroxylation is 1. The number of carbonyl (C=O) groups is 2. The number of imide groups is 1. The molecule has 0 radical (unpaired) electrons. The largest absolute Gasteiger partial charge is 0.375 e. The molecule has 2 saturated heterocycles. The first-order valence-electron chi connectivity index (χ1n) is 10.7. The Bertz CT molecular complexity index is 1190. The summed E-state index contributed by atoms with van der Waals surface area (Å²) in [6, 6.07) is 5.86. The van der Waals surface area contributed by atoms with Gasteiger partial charge in [0.05, 0.1) is 35.2 Å². The number of thiophene rings is 1. The van der Waals surface area contributed by atoms with Crippen LogP contribution in [0.25, 0.3) is 21.5 Å². The Hall–Kier alpha value is -2.39. The SMILES string of the molecule is Cc1cc(Cl)cc(-c2ncnc3cc(CN4C(=O)CCC4=O)sc23)c1CC1CNCCO1. The van der Waals surface area contributed by atoms with Gasteiger partial charge in [-0.15, -0.1) is 11.3 Å². The van der Waals surface area contributed by atoms with Crippen molar-refractivity contribution in [2.75, 3.05) is 19.7 Å². The number of aromatic nitrogens is 2. The Morgan fingerprint density at radius 2 is 2.03 bits per heavy atom. The molecule has 0 saturated carbocycles. The van der Waals surface area contributed by atoms with E-state index in [1.54, 1.807) is 6.33 Å². The molecule has 166 valence electrons. The fourth-order valence-electron chi connectivity index (χ4n) is 4.36. The van der Waals surface area contributed by atoms with E-state index in [-0.39, 0.29) is 37.3 Å². The number of hydrogen-bond acceptors (Lipinski definition) is 7. The van der Waals surface area contributed by atoms with E-state index in [9.17, 15) is 9.59 Å². The van der Waals surface area contributed by atoms with Gasteiger partial charge < -0.3 is 10.1 Å². The molecule has 2 fully saturated rings. The lowest BCUT2D eigenvalue weighted by Gasteiger charge is -2.25. The van der Waals surface area contributed by atoms with Gasteiger partial charge in [-0.2, -0.15) is 0 Å². The van der Waals surface area contributed by atoms with Crippen molar-refractivity contribution in [3.63, 3.8) is 0 Å². The molecule has 2 aromatic heterocycles. The maximum Gasteiger partial charge on any atom is 0.230 e. The van der Waals surface area contributed by atoms with Crippen molar-refractivity contribution in [3.8, 4) is 11.3 Å². The van der Waals surface area contributed by atoms with E-state index in [4.69, 9.17) is 16.3 Å². The van der Waals surface area contributed by atoms with Crippen molar-refractivity contribution in [3.05, 3.63) is 45.6 Å². The first-order chi connectivity index (χ1) is 15.5. The van der Waals surface area contributed by atoms with Crippen molar-refractivity contribution in [2.24, 2.45) is 0 Å². The van der Waals surface area contributed by atoms with Crippen molar-refractivity contribution in [2.45, 2.75) is 38.8 Å². The minimum Gasteiger partial charge on any atom is -0.375 e. The van der Waals surface area contributed by atoms with Gasteiger partial charge in [-0.3, -0.25) is 14.5 Å². The molecule has 1 unspecified atom stereocenters. The molecule has 32 heavy (non-hydrogen) atoms. The Kier molecular flexibility index (Phi) is 5.94. The smallest absolute Gasteiger partial charge is 0.230 e. The fourth-order valence-corrected chi connectivity index (χ4v) is 5.74. The molecule has 5 rings (SSSR count). The number of hydrogen-bond donors (Lipinski definition) is 1. The lowest BCUT2D eigenvalue weighted by molar-refractivity contribution is -0.138. The van der Waals surface area contributed by atoms with Gasteiger partial charge in [-0.05, 0) is 36.2 Å². The predicted octanol–water partition coefficient (Wildman–Crippen LogP) is 3.50. The number of nitrogens with one attached hydrogen (secondary N) is 1. The van der Waals surface area contributed by atoms with E-state index >= 15 is 0 Å². The summed E-state index contributed by atoms with van der Waals surface area (Å²) in [6.07, 6.45) is 2.98. The first kappa shape index (κ1) is 21.5. The number of benzene rings is 1. The second-order valence-corrected chi connectivity index (χ2v) is 9.75. The van der Waals surface area contributed by atoms with E-state index in [0.29, 0.717) is 11.6 Å². The highest BCUT2D eigenvalue weighted by Gasteiger charge is 2.29. The minimum absolute atomic E-state index is 0.0887. The number of likely N-dealkylation sites (tertiary alicyclic amines) is 1. The van der Waals surface area contributed by atoms with Crippen molar-refractivity contribution < 1.29 is 14.3 Å². The maximum absolute atomic E-state index is 12.1. The average molecular weight is 471 g/mol. The van der Waals surface area contributed by atoms with E-state index < -0.39 is 0 Å². The van der Waals surface area contributed by atoms with E-state index in [2.05, 4.69) is 22.2 Å². The van der Waals surface area contributed by atoms with E-state index in [1.807, 2.05) is 18.2 Å². The van der Waals surface area contributed by atoms with Gasteiger partial charge in [0.15, 0.2) is 0 Å². The first-order valence-corrected chi connectivity index (χ1v) is 11.9. The predicted molar refractivity (Wildman–Crippen MR) is 124 cm³/mol. The van der Waals surface area contributed by atoms with Crippen LogP contribution in [-0.4, -0.2) is 52.5 Å². The van der Waals surface area contributed by atoms with Gasteiger partial charge in [0, 0.05) is 47.8 Å². The van der Waals surface area contributed by atoms with Crippen molar-refractivity contribution in [1.29, 1.82) is 0 Å². The van der Waals surface area contributed by atoms with Crippen LogP contribution in [0.1, 0.15) is 28.8 Å². The minimum atomic E-state index is -0.118. The summed E-state index contributed by atoms with van der Waals surface area (Å²) in [7, 11) is 0. The quantitative estimate of drug-likeness (QED) is 0.574. The van der Waals surface area contributed by atoms with E-state index in [1.165, 1.54) is 16.2 Å². The number of fused-ring (bicyclic) bond motifs is 1. The number of amides is 2. The Balaban J connectivity index is 1.55. The monoisotopic (exact) mass is 470 g/mol. The van der Waals surface area contributed by atoms with Crippen LogP contribution in [-0.2, 0) is 27.3 Å². The van der Waals surface area contributed by atoms with Gasteiger partial charge in [-0.1, -0.05) is 11.6 Å². The normalized spacial score (nSPS) is 19.3. The second-order valence-electron chi connectivity index (χ2n) is 8.17. The summed E-state index contributed by atoms with van der Waals surface area (Å²) < 4.78 is 6.87. The molecule has 9 heteroatoms. The molecule has 0 spiro atoms. The van der Waals surface area contributed by atoms with Crippen LogP contribution in [0.2, 0.25) is 5.02 Å². The highest BCUT2D eigenvalue weighted by Crippen LogP contribution is 2.37. The lowest BCUT2D eigenvalue weighted by Crippen LogP contribution is -2.39. The molecule has 0 bridgehead atoms. The van der Waals surface area contributed by atoms with Crippen molar-refractivity contribution in [1.82, 2.24) is 20.2 Å². The summed E-state index contributed by atoms with van der Waals surface area (Å²) in [6.45, 7) is 4.72. The third kappa shape index (κ3) is 4.15. The van der Waals surface area contributed by atoms with Crippen molar-refractivity contribution >= 4 is 45.0 Å². The van der Waals surface area contributed by atoms with Crippen LogP contribution in [0.15, 0.2) is 24.5 Å². The molecule has 0 aliphatic carbocycles. The van der Waals surface area contributed by atoms with Crippen LogP contribution in [0.5, 0.6) is 0 Å². The summed E-state index contributed by atoms with van der Waals surface area (Å²) in [5, 5.41) is 4.04. The number of carbonyl (C=O) groups excluding carboxylic acids is 2. The molecule has 7 nitrogen and oxygen atoms in total. The Labute approximate surface area is 194 Å². The molecule has 1 atom stereocenters. The average Bonchev–Trinajstić information content (AvgIpc) is 3.34. The summed E-state index contributed by atoms with van der Waals surface area (Å²) in [5.41, 5.74) is 4.84. The van der Waals surface area contributed by atoms with Gasteiger partial charge in [0.2, 0.25) is 11.8 Å². The standard InChI is InChI=1S/C23H23ClN4O3S/c1-13-6-14(24)7-18(17(13)8-15-10-25-4-5-31-15)22-23-19(26-12-27-22)9-16(32-23)11-28-20(29)2-3-21(28)30/h6-7,9,12,15,25H,2-5,8,10-11H2,1H3. The van der Waals surface area contributed by atoms with Gasteiger partial charge >= 0.3 is 0 Å². The summed E-state index contributed by atoms with van der Waals surface area (Å²) in [4.78, 5) is 35.4. The van der Waals surface area contributed by atoms with Gasteiger partial charge in [0.25, 0.3) is 0 Å². The fraction of sp³-hybridized carbons (Fsp3) is 0.391. The molecule has 2 aliphatic rings. The second kappa shape index (κ2) is 8.86. The van der Waals surface area contributed by atoms with Crippen LogP contribution >= 0.6 is 22.9 Å². The van der Waals surface area contributed by atoms with Crippen LogP contribution in [0, 0.1) is 6.92 Å². The zero-order valence-electron chi connectivity index (χ0n) is 17.7. The van der Waals surface area contributed by atoms with Crippen LogP contribution in [0.3, 0.4) is 0 Å². The molecular weight excluding hydrogens is 448 g/mol. The molecule has 2 amide bonds. The van der Waals surface area contributed by atoms with Crippen LogP contribution in [0.4, 0.5) is 0 Å². The third-order valence-corrected chi connectivity index (χ3v) is 7.29. The van der Waals surface area contributed by atoms with Gasteiger partial charge in [0.1, 0.15) is 6.33 Å². The number of ether oxygens (including phenoxy) is 1. The maximum atomic E-state index is 12.1. The molecule has 4 heterocycles. The molecule has 2 aliphatic heterocycles. The highest BCUT2D eigenvalue weighted by molar-refractivity contribution is 7.19. The number of morpholine rings is 1. The third-order valence-electron chi connectivity index (χ3n) is 5.96. The van der Waals surface area contributed by atoms with Crippen LogP contribution < -0.4 is 5.32 Å². The molecule has 3 aromatic rings. The number of nitrogens with zero attached hydrogens (tertiary/aromatic N) is 3. The summed E-state index contributed by atoms with van der Waals surface area (Å²) >= 11 is 7.97. The van der Waals surface area contributed by atoms with Gasteiger partial charge in [-0.25, -0.2) is 9.97 Å². The molecular formula is C23H23ClN4O3S. The number of rotatable bonds is 5. The Morgan fingerprint density at radius 1 is 1.22 bits per heavy atom. The molecule has 1 aromatic carbocycles. The topological polar surface area (TPSA) is 84.4 Å². The Morgan fingerprint density at radius 3 is 2.78 bits per heavy atom. The zero-order chi connectivity index (χ0) is 22.2. The summed E-state index contributed by atoms with van der Waals surface area (Å²) in [5.74, 6) is -0.236. The highest BCUT2D eigenvalue weighted by atomic mass is 35.5. The lowest BCUT2D eigenvalue weighted by atomic mass is 9.94. The number of halogens is 1. The zero-order valence-corrected chi connectivity index (χ0v) is 19.3.